The van der Waals surface area contributed by atoms with Crippen LogP contribution < -0.4 is 0 Å². The Kier molecular flexibility index (Phi) is 4.40. The van der Waals surface area contributed by atoms with Crippen molar-refractivity contribution in [2.75, 3.05) is 7.05 Å². The second-order valence-corrected chi connectivity index (χ2v) is 5.21. The molecule has 2 aromatic rings. The molecule has 20 heavy (non-hydrogen) atoms. The van der Waals surface area contributed by atoms with Gasteiger partial charge in [0.05, 0.1) is 5.56 Å². The topological polar surface area (TPSA) is 20.3 Å². The van der Waals surface area contributed by atoms with Crippen molar-refractivity contribution in [3.8, 4) is 0 Å². The van der Waals surface area contributed by atoms with Gasteiger partial charge in [0.25, 0.3) is 5.91 Å². The van der Waals surface area contributed by atoms with Crippen LogP contribution in [0.15, 0.2) is 42.5 Å². The quantitative estimate of drug-likeness (QED) is 0.835. The van der Waals surface area contributed by atoms with Crippen LogP contribution in [0.1, 0.15) is 21.5 Å². The first kappa shape index (κ1) is 14.5. The lowest BCUT2D eigenvalue weighted by Crippen LogP contribution is -2.27. The molecule has 0 atom stereocenters. The smallest absolute Gasteiger partial charge is 0.256 e. The third-order valence-corrected chi connectivity index (χ3v) is 3.28. The van der Waals surface area contributed by atoms with Crippen molar-refractivity contribution in [3.63, 3.8) is 0 Å². The summed E-state index contributed by atoms with van der Waals surface area (Å²) in [5, 5.41) is 0.646. The van der Waals surface area contributed by atoms with Crippen molar-refractivity contribution in [1.29, 1.82) is 0 Å². The van der Waals surface area contributed by atoms with Crippen LogP contribution in [0, 0.1) is 12.7 Å². The molecule has 2 rings (SSSR count). The fraction of sp³-hybridized carbons (Fsp3) is 0.188. The molecule has 0 fully saturated rings. The molecular weight excluding hydrogens is 277 g/mol. The molecule has 2 nitrogen and oxygen atoms in total. The van der Waals surface area contributed by atoms with Gasteiger partial charge in [-0.2, -0.15) is 0 Å². The van der Waals surface area contributed by atoms with Gasteiger partial charge >= 0.3 is 0 Å². The largest absolute Gasteiger partial charge is 0.337 e. The highest BCUT2D eigenvalue weighted by Gasteiger charge is 2.16. The Bertz CT molecular complexity index is 625. The Morgan fingerprint density at radius 3 is 2.50 bits per heavy atom. The maximum atomic E-state index is 13.7. The molecule has 0 heterocycles. The molecule has 0 saturated carbocycles. The number of carbonyl (C=O) groups is 1. The molecule has 0 spiro atoms. The van der Waals surface area contributed by atoms with Crippen molar-refractivity contribution in [2.24, 2.45) is 0 Å². The zero-order chi connectivity index (χ0) is 14.7. The number of carbonyl (C=O) groups excluding carboxylic acids is 1. The highest BCUT2D eigenvalue weighted by molar-refractivity contribution is 6.30. The van der Waals surface area contributed by atoms with E-state index in [-0.39, 0.29) is 11.5 Å². The van der Waals surface area contributed by atoms with Crippen LogP contribution >= 0.6 is 11.6 Å². The van der Waals surface area contributed by atoms with Crippen molar-refractivity contribution >= 4 is 17.5 Å². The molecule has 4 heteroatoms. The molecule has 0 N–H and O–H groups in total. The summed E-state index contributed by atoms with van der Waals surface area (Å²) in [6.45, 7) is 2.23. The third-order valence-electron chi connectivity index (χ3n) is 3.03. The van der Waals surface area contributed by atoms with Crippen molar-refractivity contribution in [1.82, 2.24) is 4.90 Å². The van der Waals surface area contributed by atoms with Gasteiger partial charge in [-0.25, -0.2) is 4.39 Å². The molecule has 0 aromatic heterocycles. The highest BCUT2D eigenvalue weighted by Crippen LogP contribution is 2.15. The average molecular weight is 292 g/mol. The molecule has 0 saturated heterocycles. The van der Waals surface area contributed by atoms with Gasteiger partial charge in [-0.1, -0.05) is 35.4 Å². The number of nitrogens with zero attached hydrogens (tertiary/aromatic N) is 1. The normalized spacial score (nSPS) is 10.4. The number of hydrogen-bond donors (Lipinski definition) is 0. The van der Waals surface area contributed by atoms with Crippen molar-refractivity contribution < 1.29 is 9.18 Å². The monoisotopic (exact) mass is 291 g/mol. The predicted molar refractivity (Wildman–Crippen MR) is 78.4 cm³/mol. The second-order valence-electron chi connectivity index (χ2n) is 4.77. The number of benzene rings is 2. The maximum absolute atomic E-state index is 13.7. The predicted octanol–water partition coefficient (Wildman–Crippen LogP) is 4.06. The zero-order valence-electron chi connectivity index (χ0n) is 11.4. The van der Waals surface area contributed by atoms with Gasteiger partial charge in [-0.05, 0) is 36.8 Å². The molecule has 0 aliphatic heterocycles. The van der Waals surface area contributed by atoms with Gasteiger partial charge in [0, 0.05) is 18.6 Å². The van der Waals surface area contributed by atoms with Gasteiger partial charge in [0.2, 0.25) is 0 Å². The van der Waals surface area contributed by atoms with E-state index >= 15 is 0 Å². The minimum Gasteiger partial charge on any atom is -0.337 e. The summed E-state index contributed by atoms with van der Waals surface area (Å²) in [5.74, 6) is -0.829. The Morgan fingerprint density at radius 1 is 1.20 bits per heavy atom. The van der Waals surface area contributed by atoms with Crippen LogP contribution in [0.25, 0.3) is 0 Å². The van der Waals surface area contributed by atoms with E-state index in [0.29, 0.717) is 11.6 Å². The first-order valence-electron chi connectivity index (χ1n) is 6.23. The number of halogens is 2. The first-order chi connectivity index (χ1) is 9.47. The zero-order valence-corrected chi connectivity index (χ0v) is 12.1. The van der Waals surface area contributed by atoms with E-state index < -0.39 is 5.82 Å². The van der Waals surface area contributed by atoms with E-state index in [9.17, 15) is 9.18 Å². The molecule has 0 aliphatic carbocycles. The summed E-state index contributed by atoms with van der Waals surface area (Å²) in [7, 11) is 1.65. The van der Waals surface area contributed by atoms with E-state index in [1.165, 1.54) is 11.0 Å². The van der Waals surface area contributed by atoms with Crippen molar-refractivity contribution in [3.05, 3.63) is 70.0 Å². The van der Waals surface area contributed by atoms with Crippen LogP contribution in [-0.2, 0) is 6.54 Å². The van der Waals surface area contributed by atoms with E-state index in [2.05, 4.69) is 0 Å². The molecular formula is C16H15ClFNO. The molecule has 0 aliphatic rings. The molecule has 0 unspecified atom stereocenters. The summed E-state index contributed by atoms with van der Waals surface area (Å²) in [5.41, 5.74) is 1.90. The minimum atomic E-state index is -0.497. The molecule has 104 valence electrons. The summed E-state index contributed by atoms with van der Waals surface area (Å²) >= 11 is 5.81. The maximum Gasteiger partial charge on any atom is 0.256 e. The molecule has 1 amide bonds. The Hall–Kier alpha value is -1.87. The summed E-state index contributed by atoms with van der Waals surface area (Å²) in [6.07, 6.45) is 0. The van der Waals surface area contributed by atoms with Crippen LogP contribution in [0.4, 0.5) is 4.39 Å². The van der Waals surface area contributed by atoms with Crippen LogP contribution in [-0.4, -0.2) is 17.9 Å². The van der Waals surface area contributed by atoms with E-state index in [0.717, 1.165) is 11.1 Å². The number of rotatable bonds is 3. The lowest BCUT2D eigenvalue weighted by molar-refractivity contribution is 0.0780. The SMILES string of the molecule is Cc1ccc(F)c(C(=O)N(C)Cc2ccc(Cl)cc2)c1. The number of hydrogen-bond acceptors (Lipinski definition) is 1. The van der Waals surface area contributed by atoms with Crippen LogP contribution in [0.2, 0.25) is 5.02 Å². The Morgan fingerprint density at radius 2 is 1.85 bits per heavy atom. The van der Waals surface area contributed by atoms with Gasteiger partial charge in [-0.3, -0.25) is 4.79 Å². The van der Waals surface area contributed by atoms with Crippen LogP contribution in [0.3, 0.4) is 0 Å². The van der Waals surface area contributed by atoms with Crippen LogP contribution in [0.5, 0.6) is 0 Å². The minimum absolute atomic E-state index is 0.0986. The Labute approximate surface area is 122 Å². The van der Waals surface area contributed by atoms with Gasteiger partial charge in [-0.15, -0.1) is 0 Å². The third kappa shape index (κ3) is 3.36. The fourth-order valence-corrected chi connectivity index (χ4v) is 2.07. The summed E-state index contributed by atoms with van der Waals surface area (Å²) < 4.78 is 13.7. The first-order valence-corrected chi connectivity index (χ1v) is 6.61. The van der Waals surface area contributed by atoms with Crippen molar-refractivity contribution in [2.45, 2.75) is 13.5 Å². The van der Waals surface area contributed by atoms with Gasteiger partial charge in [0.1, 0.15) is 5.82 Å². The summed E-state index contributed by atoms with van der Waals surface area (Å²) in [4.78, 5) is 13.7. The van der Waals surface area contributed by atoms with E-state index in [1.807, 2.05) is 19.1 Å². The van der Waals surface area contributed by atoms with E-state index in [1.54, 1.807) is 31.3 Å². The molecule has 0 radical (unpaired) electrons. The summed E-state index contributed by atoms with van der Waals surface area (Å²) in [6, 6.07) is 11.8. The molecule has 0 bridgehead atoms. The number of aryl methyl sites for hydroxylation is 1. The lowest BCUT2D eigenvalue weighted by Gasteiger charge is -2.18. The fourth-order valence-electron chi connectivity index (χ4n) is 1.94. The van der Waals surface area contributed by atoms with Gasteiger partial charge < -0.3 is 4.90 Å². The lowest BCUT2D eigenvalue weighted by atomic mass is 10.1. The van der Waals surface area contributed by atoms with Gasteiger partial charge in [0.15, 0.2) is 0 Å². The standard InChI is InChI=1S/C16H15ClFNO/c1-11-3-8-15(18)14(9-11)16(20)19(2)10-12-4-6-13(17)7-5-12/h3-9H,10H2,1-2H3. The highest BCUT2D eigenvalue weighted by atomic mass is 35.5. The average Bonchev–Trinajstić information content (AvgIpc) is 2.43. The van der Waals surface area contributed by atoms with E-state index in [4.69, 9.17) is 11.6 Å². The molecule has 2 aromatic carbocycles. The Balaban J connectivity index is 2.16. The number of amides is 1. The second kappa shape index (κ2) is 6.06.